The van der Waals surface area contributed by atoms with Crippen molar-refractivity contribution in [3.63, 3.8) is 0 Å². The van der Waals surface area contributed by atoms with Crippen LogP contribution in [0.4, 0.5) is 11.4 Å². The smallest absolute Gasteiger partial charge is 0.261 e. The molecule has 3 rings (SSSR count). The fraction of sp³-hybridized carbons (Fsp3) is 0.100. The van der Waals surface area contributed by atoms with Gasteiger partial charge >= 0.3 is 0 Å². The molecule has 28 heavy (non-hydrogen) atoms. The minimum absolute atomic E-state index is 0.0573. The summed E-state index contributed by atoms with van der Waals surface area (Å²) in [6.45, 7) is 2.41. The van der Waals surface area contributed by atoms with Crippen LogP contribution < -0.4 is 14.8 Å². The van der Waals surface area contributed by atoms with Crippen molar-refractivity contribution < 1.29 is 17.9 Å². The van der Waals surface area contributed by atoms with Crippen LogP contribution in [0.1, 0.15) is 17.3 Å². The Kier molecular flexibility index (Phi) is 5.90. The molecule has 0 saturated heterocycles. The summed E-state index contributed by atoms with van der Waals surface area (Å²) in [6.07, 6.45) is 3.13. The molecule has 1 amide bonds. The Morgan fingerprint density at radius 1 is 0.929 bits per heavy atom. The lowest BCUT2D eigenvalue weighted by Gasteiger charge is -2.10. The molecule has 0 atom stereocenters. The maximum Gasteiger partial charge on any atom is 0.261 e. The van der Waals surface area contributed by atoms with Gasteiger partial charge in [0.15, 0.2) is 0 Å². The number of rotatable bonds is 7. The van der Waals surface area contributed by atoms with E-state index in [4.69, 9.17) is 4.74 Å². The Hall–Kier alpha value is -3.39. The average Bonchev–Trinajstić information content (AvgIpc) is 2.70. The van der Waals surface area contributed by atoms with Crippen molar-refractivity contribution in [3.05, 3.63) is 78.6 Å². The molecule has 0 aliphatic rings. The molecule has 0 saturated carbocycles. The number of nitrogens with one attached hydrogen (secondary N) is 2. The van der Waals surface area contributed by atoms with E-state index in [-0.39, 0.29) is 10.8 Å². The molecular weight excluding hydrogens is 378 g/mol. The Morgan fingerprint density at radius 3 is 2.18 bits per heavy atom. The lowest BCUT2D eigenvalue weighted by atomic mass is 10.2. The van der Waals surface area contributed by atoms with Crippen molar-refractivity contribution in [1.82, 2.24) is 4.98 Å². The van der Waals surface area contributed by atoms with Gasteiger partial charge in [0.05, 0.1) is 11.5 Å². The van der Waals surface area contributed by atoms with E-state index in [1.54, 1.807) is 48.8 Å². The van der Waals surface area contributed by atoms with E-state index in [9.17, 15) is 13.2 Å². The van der Waals surface area contributed by atoms with Crippen LogP contribution in [0, 0.1) is 0 Å². The molecule has 0 spiro atoms. The van der Waals surface area contributed by atoms with Crippen LogP contribution in [-0.2, 0) is 10.0 Å². The highest BCUT2D eigenvalue weighted by Crippen LogP contribution is 2.20. The third-order valence-electron chi connectivity index (χ3n) is 3.78. The van der Waals surface area contributed by atoms with Crippen molar-refractivity contribution in [2.75, 3.05) is 16.6 Å². The highest BCUT2D eigenvalue weighted by atomic mass is 32.2. The second-order valence-corrected chi connectivity index (χ2v) is 7.46. The van der Waals surface area contributed by atoms with Gasteiger partial charge in [-0.25, -0.2) is 8.42 Å². The molecule has 0 radical (unpaired) electrons. The number of sulfonamides is 1. The predicted octanol–water partition coefficient (Wildman–Crippen LogP) is 3.53. The minimum atomic E-state index is -3.77. The van der Waals surface area contributed by atoms with Gasteiger partial charge in [0.1, 0.15) is 5.75 Å². The van der Waals surface area contributed by atoms with Gasteiger partial charge in [0, 0.05) is 29.3 Å². The highest BCUT2D eigenvalue weighted by Gasteiger charge is 2.15. The quantitative estimate of drug-likeness (QED) is 0.636. The summed E-state index contributed by atoms with van der Waals surface area (Å²) in [7, 11) is -3.77. The molecule has 1 aromatic heterocycles. The first kappa shape index (κ1) is 19.4. The number of amides is 1. The predicted molar refractivity (Wildman–Crippen MR) is 107 cm³/mol. The van der Waals surface area contributed by atoms with Gasteiger partial charge in [-0.05, 0) is 67.6 Å². The SMILES string of the molecule is CCOc1ccc(NS(=O)(=O)c2ccc(C(=O)Nc3ccncc3)cc2)cc1. The molecule has 0 unspecified atom stereocenters. The molecular formula is C20H19N3O4S. The number of nitrogens with zero attached hydrogens (tertiary/aromatic N) is 1. The molecule has 7 nitrogen and oxygen atoms in total. The van der Waals surface area contributed by atoms with E-state index in [2.05, 4.69) is 15.0 Å². The van der Waals surface area contributed by atoms with E-state index >= 15 is 0 Å². The lowest BCUT2D eigenvalue weighted by Crippen LogP contribution is -2.14. The average molecular weight is 397 g/mol. The third-order valence-corrected chi connectivity index (χ3v) is 5.18. The maximum atomic E-state index is 12.5. The normalized spacial score (nSPS) is 10.9. The summed E-state index contributed by atoms with van der Waals surface area (Å²) in [5.74, 6) is 0.324. The molecule has 0 aliphatic heterocycles. The molecule has 2 N–H and O–H groups in total. The third kappa shape index (κ3) is 4.86. The van der Waals surface area contributed by atoms with Crippen LogP contribution in [0.15, 0.2) is 78.0 Å². The maximum absolute atomic E-state index is 12.5. The van der Waals surface area contributed by atoms with E-state index in [1.807, 2.05) is 6.92 Å². The van der Waals surface area contributed by atoms with Crippen molar-refractivity contribution in [1.29, 1.82) is 0 Å². The first-order chi connectivity index (χ1) is 13.5. The topological polar surface area (TPSA) is 97.4 Å². The largest absolute Gasteiger partial charge is 0.494 e. The minimum Gasteiger partial charge on any atom is -0.494 e. The van der Waals surface area contributed by atoms with Gasteiger partial charge in [0.2, 0.25) is 0 Å². The Bertz CT molecular complexity index is 1040. The molecule has 0 fully saturated rings. The van der Waals surface area contributed by atoms with Crippen LogP contribution in [0.3, 0.4) is 0 Å². The monoisotopic (exact) mass is 397 g/mol. The van der Waals surface area contributed by atoms with E-state index in [0.717, 1.165) is 0 Å². The first-order valence-electron chi connectivity index (χ1n) is 8.55. The van der Waals surface area contributed by atoms with Crippen LogP contribution in [0.2, 0.25) is 0 Å². The highest BCUT2D eigenvalue weighted by molar-refractivity contribution is 7.92. The summed E-state index contributed by atoms with van der Waals surface area (Å²) in [5, 5.41) is 2.72. The van der Waals surface area contributed by atoms with Crippen LogP contribution in [0.25, 0.3) is 0 Å². The number of ether oxygens (including phenoxy) is 1. The van der Waals surface area contributed by atoms with Crippen molar-refractivity contribution >= 4 is 27.3 Å². The van der Waals surface area contributed by atoms with E-state index in [0.29, 0.717) is 29.3 Å². The molecule has 2 aromatic carbocycles. The van der Waals surface area contributed by atoms with Gasteiger partial charge in [0.25, 0.3) is 15.9 Å². The zero-order valence-corrected chi connectivity index (χ0v) is 15.9. The Labute approximate surface area is 163 Å². The molecule has 144 valence electrons. The van der Waals surface area contributed by atoms with Crippen molar-refractivity contribution in [2.45, 2.75) is 11.8 Å². The van der Waals surface area contributed by atoms with Crippen LogP contribution >= 0.6 is 0 Å². The number of hydrogen-bond donors (Lipinski definition) is 2. The van der Waals surface area contributed by atoms with Crippen molar-refractivity contribution in [2.24, 2.45) is 0 Å². The second kappa shape index (κ2) is 8.53. The van der Waals surface area contributed by atoms with Gasteiger partial charge in [-0.1, -0.05) is 0 Å². The molecule has 0 aliphatic carbocycles. The number of carbonyl (C=O) groups is 1. The van der Waals surface area contributed by atoms with Gasteiger partial charge in [-0.3, -0.25) is 14.5 Å². The summed E-state index contributed by atoms with van der Waals surface area (Å²) >= 11 is 0. The Morgan fingerprint density at radius 2 is 1.57 bits per heavy atom. The number of hydrogen-bond acceptors (Lipinski definition) is 5. The molecule has 3 aromatic rings. The zero-order chi connectivity index (χ0) is 20.0. The van der Waals surface area contributed by atoms with Crippen molar-refractivity contribution in [3.8, 4) is 5.75 Å². The first-order valence-corrected chi connectivity index (χ1v) is 10.0. The van der Waals surface area contributed by atoms with Gasteiger partial charge in [-0.15, -0.1) is 0 Å². The fourth-order valence-corrected chi connectivity index (χ4v) is 3.48. The molecule has 1 heterocycles. The lowest BCUT2D eigenvalue weighted by molar-refractivity contribution is 0.102. The van der Waals surface area contributed by atoms with Crippen LogP contribution in [-0.4, -0.2) is 25.9 Å². The van der Waals surface area contributed by atoms with Gasteiger partial charge < -0.3 is 10.1 Å². The standard InChI is InChI=1S/C20H19N3O4S/c1-2-27-18-7-5-17(6-8-18)23-28(25,26)19-9-3-15(4-10-19)20(24)22-16-11-13-21-14-12-16/h3-14,23H,2H2,1H3,(H,21,22,24). The second-order valence-electron chi connectivity index (χ2n) is 5.78. The van der Waals surface area contributed by atoms with Crippen LogP contribution in [0.5, 0.6) is 5.75 Å². The fourth-order valence-electron chi connectivity index (χ4n) is 2.42. The number of carbonyl (C=O) groups excluding carboxylic acids is 1. The summed E-state index contributed by atoms with van der Waals surface area (Å²) in [5.41, 5.74) is 1.37. The molecule has 0 bridgehead atoms. The zero-order valence-electron chi connectivity index (χ0n) is 15.1. The summed E-state index contributed by atoms with van der Waals surface area (Å²) in [4.78, 5) is 16.2. The van der Waals surface area contributed by atoms with E-state index in [1.165, 1.54) is 24.3 Å². The van der Waals surface area contributed by atoms with E-state index < -0.39 is 10.0 Å². The summed E-state index contributed by atoms with van der Waals surface area (Å²) in [6, 6.07) is 15.7. The number of benzene rings is 2. The summed E-state index contributed by atoms with van der Waals surface area (Å²) < 4.78 is 32.9. The van der Waals surface area contributed by atoms with Gasteiger partial charge in [-0.2, -0.15) is 0 Å². The number of aromatic nitrogens is 1. The molecule has 8 heteroatoms. The number of anilines is 2. The number of pyridine rings is 1. The Balaban J connectivity index is 1.70.